The summed E-state index contributed by atoms with van der Waals surface area (Å²) in [5.41, 5.74) is 0.115. The number of anilines is 1. The highest BCUT2D eigenvalue weighted by Crippen LogP contribution is 2.28. The van der Waals surface area contributed by atoms with Gasteiger partial charge >= 0.3 is 12.5 Å². The van der Waals surface area contributed by atoms with Crippen LogP contribution >= 0.6 is 0 Å². The lowest BCUT2D eigenvalue weighted by Gasteiger charge is -2.17. The van der Waals surface area contributed by atoms with E-state index in [4.69, 9.17) is 0 Å². The van der Waals surface area contributed by atoms with E-state index in [1.54, 1.807) is 0 Å². The fourth-order valence-electron chi connectivity index (χ4n) is 1.94. The van der Waals surface area contributed by atoms with Gasteiger partial charge in [0.2, 0.25) is 10.0 Å². The Morgan fingerprint density at radius 3 is 2.30 bits per heavy atom. The fourth-order valence-corrected chi connectivity index (χ4v) is 2.67. The molecule has 0 aromatic heterocycles. The van der Waals surface area contributed by atoms with Crippen molar-refractivity contribution in [1.82, 2.24) is 4.72 Å². The van der Waals surface area contributed by atoms with Crippen molar-refractivity contribution in [3.63, 3.8) is 0 Å². The minimum Gasteiger partial charge on any atom is -0.428 e. The normalized spacial score (nSPS) is 12.1. The number of halogens is 4. The van der Waals surface area contributed by atoms with E-state index in [-0.39, 0.29) is 16.1 Å². The van der Waals surface area contributed by atoms with Crippen molar-refractivity contribution in [3.8, 4) is 5.75 Å². The Hall–Kier alpha value is -2.66. The number of hydrogen-bond donors (Lipinski definition) is 2. The zero-order valence-electron chi connectivity index (χ0n) is 13.7. The molecule has 1 amide bonds. The number of carbonyl (C=O) groups excluding carboxylic acids is 1. The number of amides is 1. The number of sulfonamides is 1. The average Bonchev–Trinajstić information content (AvgIpc) is 2.62. The maximum absolute atomic E-state index is 12.9. The molecule has 2 rings (SSSR count). The SMILES string of the molecule is CNS(=O)(=O)c1ccc(NC(=O)c2cccc(OC(F)(F)C(F)F)c2)cc1. The van der Waals surface area contributed by atoms with Crippen LogP contribution in [0.25, 0.3) is 0 Å². The lowest BCUT2D eigenvalue weighted by atomic mass is 10.2. The first kappa shape index (κ1) is 20.6. The van der Waals surface area contributed by atoms with Gasteiger partial charge < -0.3 is 10.1 Å². The van der Waals surface area contributed by atoms with Crippen LogP contribution in [0.3, 0.4) is 0 Å². The highest BCUT2D eigenvalue weighted by molar-refractivity contribution is 7.89. The molecule has 0 unspecified atom stereocenters. The van der Waals surface area contributed by atoms with Gasteiger partial charge in [0.25, 0.3) is 5.91 Å². The smallest absolute Gasteiger partial charge is 0.428 e. The van der Waals surface area contributed by atoms with E-state index in [1.807, 2.05) is 0 Å². The molecule has 0 aliphatic heterocycles. The Morgan fingerprint density at radius 1 is 1.11 bits per heavy atom. The van der Waals surface area contributed by atoms with Gasteiger partial charge in [0.1, 0.15) is 5.75 Å². The van der Waals surface area contributed by atoms with Gasteiger partial charge in [-0.1, -0.05) is 6.07 Å². The Bertz CT molecular complexity index is 918. The van der Waals surface area contributed by atoms with Crippen LogP contribution in [0.1, 0.15) is 10.4 Å². The van der Waals surface area contributed by atoms with Crippen LogP contribution in [0.15, 0.2) is 53.4 Å². The van der Waals surface area contributed by atoms with E-state index in [9.17, 15) is 30.8 Å². The van der Waals surface area contributed by atoms with Gasteiger partial charge in [-0.3, -0.25) is 4.79 Å². The Balaban J connectivity index is 2.14. The van der Waals surface area contributed by atoms with E-state index < -0.39 is 34.2 Å². The molecule has 0 atom stereocenters. The predicted molar refractivity (Wildman–Crippen MR) is 88.7 cm³/mol. The summed E-state index contributed by atoms with van der Waals surface area (Å²) in [4.78, 5) is 12.2. The van der Waals surface area contributed by atoms with Crippen molar-refractivity contribution in [2.75, 3.05) is 12.4 Å². The van der Waals surface area contributed by atoms with Crippen molar-refractivity contribution in [2.45, 2.75) is 17.4 Å². The van der Waals surface area contributed by atoms with Crippen LogP contribution in [-0.2, 0) is 10.0 Å². The molecule has 146 valence electrons. The van der Waals surface area contributed by atoms with Gasteiger partial charge in [0.15, 0.2) is 0 Å². The predicted octanol–water partition coefficient (Wildman–Crippen LogP) is 3.08. The molecule has 27 heavy (non-hydrogen) atoms. The van der Waals surface area contributed by atoms with Gasteiger partial charge in [-0.25, -0.2) is 13.1 Å². The standard InChI is InChI=1S/C16H14F4N2O4S/c1-21-27(24,25)13-7-5-11(6-8-13)22-14(23)10-3-2-4-12(9-10)26-16(19,20)15(17)18/h2-9,15,21H,1H3,(H,22,23). The highest BCUT2D eigenvalue weighted by atomic mass is 32.2. The Kier molecular flexibility index (Phi) is 6.06. The zero-order chi connectivity index (χ0) is 20.2. The molecule has 0 aliphatic carbocycles. The lowest BCUT2D eigenvalue weighted by molar-refractivity contribution is -0.253. The molecule has 0 spiro atoms. The molecule has 6 nitrogen and oxygen atoms in total. The third-order valence-electron chi connectivity index (χ3n) is 3.30. The number of hydrogen-bond acceptors (Lipinski definition) is 4. The van der Waals surface area contributed by atoms with Crippen LogP contribution in [0.2, 0.25) is 0 Å². The van der Waals surface area contributed by atoms with E-state index in [0.717, 1.165) is 12.1 Å². The summed E-state index contributed by atoms with van der Waals surface area (Å²) in [7, 11) is -2.39. The van der Waals surface area contributed by atoms with Crippen molar-refractivity contribution >= 4 is 21.6 Å². The first-order chi connectivity index (χ1) is 12.5. The van der Waals surface area contributed by atoms with E-state index in [1.165, 1.54) is 43.4 Å². The first-order valence-electron chi connectivity index (χ1n) is 7.35. The quantitative estimate of drug-likeness (QED) is 0.693. The third kappa shape index (κ3) is 5.17. The molecule has 0 bridgehead atoms. The number of ether oxygens (including phenoxy) is 1. The van der Waals surface area contributed by atoms with Crippen LogP contribution < -0.4 is 14.8 Å². The monoisotopic (exact) mass is 406 g/mol. The average molecular weight is 406 g/mol. The summed E-state index contributed by atoms with van der Waals surface area (Å²) < 4.78 is 79.6. The van der Waals surface area contributed by atoms with Gasteiger partial charge in [-0.2, -0.15) is 17.6 Å². The molecular weight excluding hydrogens is 392 g/mol. The maximum atomic E-state index is 12.9. The largest absolute Gasteiger partial charge is 0.461 e. The number of nitrogens with one attached hydrogen (secondary N) is 2. The van der Waals surface area contributed by atoms with Crippen molar-refractivity contribution in [2.24, 2.45) is 0 Å². The van der Waals surface area contributed by atoms with Crippen molar-refractivity contribution in [3.05, 3.63) is 54.1 Å². The molecule has 2 aromatic rings. The summed E-state index contributed by atoms with van der Waals surface area (Å²) >= 11 is 0. The van der Waals surface area contributed by atoms with Crippen LogP contribution in [-0.4, -0.2) is 33.9 Å². The number of carbonyl (C=O) groups is 1. The molecule has 2 aromatic carbocycles. The second-order valence-electron chi connectivity index (χ2n) is 5.18. The van der Waals surface area contributed by atoms with Gasteiger partial charge in [0, 0.05) is 11.3 Å². The maximum Gasteiger partial charge on any atom is 0.461 e. The van der Waals surface area contributed by atoms with Gasteiger partial charge in [-0.15, -0.1) is 0 Å². The summed E-state index contributed by atoms with van der Waals surface area (Å²) in [6.07, 6.45) is -8.72. The van der Waals surface area contributed by atoms with E-state index in [2.05, 4.69) is 14.8 Å². The molecule has 0 fully saturated rings. The summed E-state index contributed by atoms with van der Waals surface area (Å²) in [6, 6.07) is 9.50. The number of alkyl halides is 4. The Labute approximate surface area is 152 Å². The second kappa shape index (κ2) is 7.92. The highest BCUT2D eigenvalue weighted by Gasteiger charge is 2.44. The lowest BCUT2D eigenvalue weighted by Crippen LogP contribution is -2.33. The molecule has 0 saturated heterocycles. The fraction of sp³-hybridized carbons (Fsp3) is 0.188. The minimum atomic E-state index is -4.69. The summed E-state index contributed by atoms with van der Waals surface area (Å²) in [6.45, 7) is 0. The van der Waals surface area contributed by atoms with Crippen LogP contribution in [0, 0.1) is 0 Å². The zero-order valence-corrected chi connectivity index (χ0v) is 14.6. The molecule has 11 heteroatoms. The van der Waals surface area contributed by atoms with Crippen molar-refractivity contribution in [1.29, 1.82) is 0 Å². The van der Waals surface area contributed by atoms with E-state index in [0.29, 0.717) is 0 Å². The van der Waals surface area contributed by atoms with Gasteiger partial charge in [-0.05, 0) is 49.5 Å². The molecule has 0 aliphatic rings. The topological polar surface area (TPSA) is 84.5 Å². The summed E-state index contributed by atoms with van der Waals surface area (Å²) in [5, 5.41) is 2.42. The second-order valence-corrected chi connectivity index (χ2v) is 7.06. The van der Waals surface area contributed by atoms with Crippen LogP contribution in [0.5, 0.6) is 5.75 Å². The molecule has 0 saturated carbocycles. The third-order valence-corrected chi connectivity index (χ3v) is 4.73. The Morgan fingerprint density at radius 2 is 1.74 bits per heavy atom. The minimum absolute atomic E-state index is 0.0207. The summed E-state index contributed by atoms with van der Waals surface area (Å²) in [5.74, 6) is -1.34. The first-order valence-corrected chi connectivity index (χ1v) is 8.83. The van der Waals surface area contributed by atoms with Crippen molar-refractivity contribution < 1.29 is 35.5 Å². The number of rotatable bonds is 7. The van der Waals surface area contributed by atoms with Gasteiger partial charge in [0.05, 0.1) is 4.90 Å². The number of benzene rings is 2. The molecule has 0 radical (unpaired) electrons. The van der Waals surface area contributed by atoms with E-state index >= 15 is 0 Å². The molecule has 0 heterocycles. The molecule has 2 N–H and O–H groups in total. The van der Waals surface area contributed by atoms with Crippen LogP contribution in [0.4, 0.5) is 23.2 Å². The molecular formula is C16H14F4N2O4S.